The van der Waals surface area contributed by atoms with Crippen molar-refractivity contribution in [2.75, 3.05) is 18.4 Å². The van der Waals surface area contributed by atoms with E-state index >= 15 is 0 Å². The summed E-state index contributed by atoms with van der Waals surface area (Å²) in [7, 11) is 0. The average Bonchev–Trinajstić information content (AvgIpc) is 2.71. The van der Waals surface area contributed by atoms with Crippen LogP contribution in [0.25, 0.3) is 0 Å². The molecule has 0 aliphatic carbocycles. The Hall–Kier alpha value is -1.49. The highest BCUT2D eigenvalue weighted by Crippen LogP contribution is 2.07. The lowest BCUT2D eigenvalue weighted by Crippen LogP contribution is -2.47. The van der Waals surface area contributed by atoms with Gasteiger partial charge in [0.05, 0.1) is 6.26 Å². The minimum atomic E-state index is -0.210. The normalized spacial score (nSPS) is 20.9. The highest BCUT2D eigenvalue weighted by Gasteiger charge is 2.15. The van der Waals surface area contributed by atoms with Crippen molar-refractivity contribution in [3.05, 3.63) is 18.4 Å². The van der Waals surface area contributed by atoms with Crippen molar-refractivity contribution < 1.29 is 9.21 Å². The summed E-state index contributed by atoms with van der Waals surface area (Å²) in [6.07, 6.45) is 3.65. The maximum absolute atomic E-state index is 11.5. The minimum Gasteiger partial charge on any atom is -0.449 e. The molecule has 0 saturated carbocycles. The van der Waals surface area contributed by atoms with Gasteiger partial charge in [-0.25, -0.2) is 4.79 Å². The first kappa shape index (κ1) is 10.0. The van der Waals surface area contributed by atoms with Gasteiger partial charge in [-0.15, -0.1) is 0 Å². The van der Waals surface area contributed by atoms with E-state index in [1.165, 1.54) is 6.26 Å². The predicted octanol–water partition coefficient (Wildman–Crippen LogP) is 1.15. The van der Waals surface area contributed by atoms with E-state index in [0.29, 0.717) is 5.88 Å². The van der Waals surface area contributed by atoms with Crippen LogP contribution in [0.1, 0.15) is 12.8 Å². The maximum atomic E-state index is 11.5. The van der Waals surface area contributed by atoms with Crippen LogP contribution in [0.4, 0.5) is 10.7 Å². The second kappa shape index (κ2) is 4.84. The predicted molar refractivity (Wildman–Crippen MR) is 56.8 cm³/mol. The summed E-state index contributed by atoms with van der Waals surface area (Å²) >= 11 is 0. The van der Waals surface area contributed by atoms with E-state index in [2.05, 4.69) is 16.0 Å². The first-order valence-corrected chi connectivity index (χ1v) is 5.16. The second-order valence-corrected chi connectivity index (χ2v) is 3.62. The van der Waals surface area contributed by atoms with Crippen molar-refractivity contribution in [2.45, 2.75) is 18.9 Å². The van der Waals surface area contributed by atoms with Crippen molar-refractivity contribution in [2.24, 2.45) is 0 Å². The fourth-order valence-electron chi connectivity index (χ4n) is 1.66. The van der Waals surface area contributed by atoms with Crippen LogP contribution in [-0.4, -0.2) is 25.2 Å². The smallest absolute Gasteiger partial charge is 0.321 e. The van der Waals surface area contributed by atoms with Gasteiger partial charge in [0.2, 0.25) is 5.88 Å². The monoisotopic (exact) mass is 209 g/mol. The quantitative estimate of drug-likeness (QED) is 0.684. The molecule has 1 aliphatic heterocycles. The van der Waals surface area contributed by atoms with Gasteiger partial charge in [0.1, 0.15) is 0 Å². The Bertz CT molecular complexity index is 304. The van der Waals surface area contributed by atoms with Crippen molar-refractivity contribution in [1.82, 2.24) is 10.6 Å². The van der Waals surface area contributed by atoms with Crippen LogP contribution in [0.3, 0.4) is 0 Å². The largest absolute Gasteiger partial charge is 0.449 e. The van der Waals surface area contributed by atoms with Gasteiger partial charge in [0.25, 0.3) is 0 Å². The molecule has 2 amide bonds. The molecule has 2 rings (SSSR count). The molecular formula is C10H15N3O2. The second-order valence-electron chi connectivity index (χ2n) is 3.62. The van der Waals surface area contributed by atoms with E-state index in [1.807, 2.05) is 0 Å². The van der Waals surface area contributed by atoms with Crippen LogP contribution in [0.5, 0.6) is 0 Å². The number of carbonyl (C=O) groups is 1. The lowest BCUT2D eigenvalue weighted by atomic mass is 10.1. The molecule has 5 heteroatoms. The fraction of sp³-hybridized carbons (Fsp3) is 0.500. The Labute approximate surface area is 88.2 Å². The van der Waals surface area contributed by atoms with E-state index in [0.717, 1.165) is 25.9 Å². The third kappa shape index (κ3) is 2.99. The topological polar surface area (TPSA) is 66.3 Å². The first-order chi connectivity index (χ1) is 7.34. The third-order valence-corrected chi connectivity index (χ3v) is 2.39. The Balaban J connectivity index is 1.76. The van der Waals surface area contributed by atoms with Crippen LogP contribution in [0.15, 0.2) is 22.8 Å². The van der Waals surface area contributed by atoms with Gasteiger partial charge in [-0.3, -0.25) is 5.32 Å². The lowest BCUT2D eigenvalue weighted by Gasteiger charge is -2.23. The number of piperidine rings is 1. The molecule has 1 fully saturated rings. The van der Waals surface area contributed by atoms with Crippen LogP contribution in [0, 0.1) is 0 Å². The maximum Gasteiger partial charge on any atom is 0.321 e. The van der Waals surface area contributed by atoms with E-state index in [4.69, 9.17) is 4.42 Å². The number of hydrogen-bond donors (Lipinski definition) is 3. The van der Waals surface area contributed by atoms with Crippen LogP contribution in [0.2, 0.25) is 0 Å². The number of hydrogen-bond acceptors (Lipinski definition) is 3. The van der Waals surface area contributed by atoms with Crippen LogP contribution >= 0.6 is 0 Å². The van der Waals surface area contributed by atoms with Gasteiger partial charge in [-0.1, -0.05) is 0 Å². The zero-order valence-corrected chi connectivity index (χ0v) is 8.45. The number of amides is 2. The molecule has 1 aliphatic rings. The minimum absolute atomic E-state index is 0.210. The Kier molecular flexibility index (Phi) is 3.24. The first-order valence-electron chi connectivity index (χ1n) is 5.16. The molecule has 3 N–H and O–H groups in total. The summed E-state index contributed by atoms with van der Waals surface area (Å²) in [6, 6.07) is 3.45. The highest BCUT2D eigenvalue weighted by atomic mass is 16.3. The molecule has 0 aromatic carbocycles. The van der Waals surface area contributed by atoms with Gasteiger partial charge in [-0.05, 0) is 25.5 Å². The number of furan rings is 1. The Morgan fingerprint density at radius 3 is 3.20 bits per heavy atom. The Morgan fingerprint density at radius 2 is 2.53 bits per heavy atom. The third-order valence-electron chi connectivity index (χ3n) is 2.39. The fourth-order valence-corrected chi connectivity index (χ4v) is 1.66. The summed E-state index contributed by atoms with van der Waals surface area (Å²) in [5.41, 5.74) is 0. The molecule has 5 nitrogen and oxygen atoms in total. The molecule has 1 aromatic rings. The average molecular weight is 209 g/mol. The van der Waals surface area contributed by atoms with E-state index in [1.54, 1.807) is 12.1 Å². The van der Waals surface area contributed by atoms with Gasteiger partial charge in [-0.2, -0.15) is 0 Å². The van der Waals surface area contributed by atoms with Gasteiger partial charge in [0, 0.05) is 18.7 Å². The molecule has 1 atom stereocenters. The molecule has 1 saturated heterocycles. The molecule has 0 radical (unpaired) electrons. The SMILES string of the molecule is O=C(Nc1ccco1)NC1CCCNC1. The zero-order chi connectivity index (χ0) is 10.5. The van der Waals surface area contributed by atoms with Crippen molar-refractivity contribution in [3.63, 3.8) is 0 Å². The summed E-state index contributed by atoms with van der Waals surface area (Å²) in [5.74, 6) is 0.469. The molecule has 15 heavy (non-hydrogen) atoms. The lowest BCUT2D eigenvalue weighted by molar-refractivity contribution is 0.245. The summed E-state index contributed by atoms with van der Waals surface area (Å²) in [5, 5.41) is 8.74. The van der Waals surface area contributed by atoms with E-state index in [-0.39, 0.29) is 12.1 Å². The standard InChI is InChI=1S/C10H15N3O2/c14-10(13-9-4-2-6-15-9)12-8-3-1-5-11-7-8/h2,4,6,8,11H,1,3,5,7H2,(H2,12,13,14). The van der Waals surface area contributed by atoms with Crippen molar-refractivity contribution in [1.29, 1.82) is 0 Å². The van der Waals surface area contributed by atoms with Gasteiger partial charge < -0.3 is 15.1 Å². The molecule has 82 valence electrons. The zero-order valence-electron chi connectivity index (χ0n) is 8.45. The molecule has 2 heterocycles. The number of rotatable bonds is 2. The number of carbonyl (C=O) groups excluding carboxylic acids is 1. The summed E-state index contributed by atoms with van der Waals surface area (Å²) in [6.45, 7) is 1.88. The molecular weight excluding hydrogens is 194 g/mol. The van der Waals surface area contributed by atoms with E-state index < -0.39 is 0 Å². The molecule has 0 bridgehead atoms. The van der Waals surface area contributed by atoms with Crippen LogP contribution in [-0.2, 0) is 0 Å². The van der Waals surface area contributed by atoms with Gasteiger partial charge >= 0.3 is 6.03 Å². The summed E-state index contributed by atoms with van der Waals surface area (Å²) < 4.78 is 5.01. The van der Waals surface area contributed by atoms with Crippen molar-refractivity contribution in [3.8, 4) is 0 Å². The Morgan fingerprint density at radius 1 is 1.60 bits per heavy atom. The number of anilines is 1. The van der Waals surface area contributed by atoms with E-state index in [9.17, 15) is 4.79 Å². The number of nitrogens with one attached hydrogen (secondary N) is 3. The molecule has 1 aromatic heterocycles. The number of urea groups is 1. The molecule has 1 unspecified atom stereocenters. The van der Waals surface area contributed by atoms with Crippen molar-refractivity contribution >= 4 is 11.9 Å². The highest BCUT2D eigenvalue weighted by molar-refractivity contribution is 5.87. The molecule has 0 spiro atoms. The summed E-state index contributed by atoms with van der Waals surface area (Å²) in [4.78, 5) is 11.5. The van der Waals surface area contributed by atoms with Gasteiger partial charge in [0.15, 0.2) is 0 Å². The van der Waals surface area contributed by atoms with Crippen LogP contribution < -0.4 is 16.0 Å².